The van der Waals surface area contributed by atoms with Crippen LogP contribution >= 0.6 is 0 Å². The van der Waals surface area contributed by atoms with Crippen molar-refractivity contribution in [1.82, 2.24) is 5.32 Å². The summed E-state index contributed by atoms with van der Waals surface area (Å²) in [6, 6.07) is 0. The number of carbonyl (C=O) groups excluding carboxylic acids is 1. The van der Waals surface area contributed by atoms with Crippen molar-refractivity contribution in [2.45, 2.75) is 51.0 Å². The molecule has 1 aliphatic heterocycles. The standard InChI is InChI=1S/C12H21NO4/c1-2-3-4-5-6-10(14)13-12(11(15)16)7-8-17-9-12/h2-9H2,1H3,(H,13,14)(H,15,16). The van der Waals surface area contributed by atoms with Crippen LogP contribution in [0.15, 0.2) is 0 Å². The van der Waals surface area contributed by atoms with Crippen LogP contribution < -0.4 is 5.32 Å². The second-order valence-electron chi connectivity index (χ2n) is 4.55. The van der Waals surface area contributed by atoms with E-state index in [9.17, 15) is 9.59 Å². The Morgan fingerprint density at radius 2 is 2.12 bits per heavy atom. The molecule has 0 radical (unpaired) electrons. The molecule has 0 saturated carbocycles. The Morgan fingerprint density at radius 1 is 1.35 bits per heavy atom. The molecule has 0 aliphatic carbocycles. The summed E-state index contributed by atoms with van der Waals surface area (Å²) in [5.74, 6) is -1.19. The van der Waals surface area contributed by atoms with Gasteiger partial charge >= 0.3 is 5.97 Å². The van der Waals surface area contributed by atoms with Crippen LogP contribution in [0.4, 0.5) is 0 Å². The van der Waals surface area contributed by atoms with Gasteiger partial charge in [0.25, 0.3) is 0 Å². The fourth-order valence-electron chi connectivity index (χ4n) is 1.93. The molecule has 0 bridgehead atoms. The number of rotatable bonds is 7. The van der Waals surface area contributed by atoms with E-state index in [1.807, 2.05) is 0 Å². The van der Waals surface area contributed by atoms with Gasteiger partial charge in [0.05, 0.1) is 6.61 Å². The van der Waals surface area contributed by atoms with Gasteiger partial charge in [-0.15, -0.1) is 0 Å². The van der Waals surface area contributed by atoms with Crippen LogP contribution in [0.3, 0.4) is 0 Å². The lowest BCUT2D eigenvalue weighted by atomic mass is 9.98. The zero-order valence-corrected chi connectivity index (χ0v) is 10.3. The van der Waals surface area contributed by atoms with Gasteiger partial charge in [-0.2, -0.15) is 0 Å². The Balaban J connectivity index is 2.35. The zero-order chi connectivity index (χ0) is 12.7. The number of hydrogen-bond acceptors (Lipinski definition) is 3. The van der Waals surface area contributed by atoms with Gasteiger partial charge in [0, 0.05) is 19.4 Å². The summed E-state index contributed by atoms with van der Waals surface area (Å²) in [5, 5.41) is 11.7. The van der Waals surface area contributed by atoms with Gasteiger partial charge < -0.3 is 15.2 Å². The molecule has 1 unspecified atom stereocenters. The van der Waals surface area contributed by atoms with E-state index in [0.717, 1.165) is 25.7 Å². The topological polar surface area (TPSA) is 75.6 Å². The molecule has 0 aromatic heterocycles. The minimum atomic E-state index is -1.19. The zero-order valence-electron chi connectivity index (χ0n) is 10.3. The molecule has 98 valence electrons. The van der Waals surface area contributed by atoms with Crippen LogP contribution in [0.5, 0.6) is 0 Å². The third-order valence-electron chi connectivity index (χ3n) is 3.07. The van der Waals surface area contributed by atoms with Crippen LogP contribution in [0.2, 0.25) is 0 Å². The fraction of sp³-hybridized carbons (Fsp3) is 0.833. The minimum absolute atomic E-state index is 0.0725. The summed E-state index contributed by atoms with van der Waals surface area (Å²) in [6.07, 6.45) is 4.81. The van der Waals surface area contributed by atoms with Crippen molar-refractivity contribution in [3.8, 4) is 0 Å². The fourth-order valence-corrected chi connectivity index (χ4v) is 1.93. The quantitative estimate of drug-likeness (QED) is 0.661. The number of hydrogen-bond donors (Lipinski definition) is 2. The van der Waals surface area contributed by atoms with Crippen molar-refractivity contribution in [3.05, 3.63) is 0 Å². The Hall–Kier alpha value is -1.10. The minimum Gasteiger partial charge on any atom is -0.479 e. The molecule has 1 atom stereocenters. The highest BCUT2D eigenvalue weighted by atomic mass is 16.5. The number of carbonyl (C=O) groups is 2. The molecule has 1 rings (SSSR count). The first-order valence-corrected chi connectivity index (χ1v) is 6.23. The first-order chi connectivity index (χ1) is 8.10. The number of carboxylic acid groups (broad SMARTS) is 1. The number of amides is 1. The average Bonchev–Trinajstić information content (AvgIpc) is 2.74. The van der Waals surface area contributed by atoms with Gasteiger partial charge in [0.2, 0.25) is 5.91 Å². The summed E-state index contributed by atoms with van der Waals surface area (Å²) in [7, 11) is 0. The maximum atomic E-state index is 11.6. The molecule has 1 aliphatic rings. The largest absolute Gasteiger partial charge is 0.479 e. The molecule has 0 aromatic rings. The van der Waals surface area contributed by atoms with E-state index < -0.39 is 11.5 Å². The van der Waals surface area contributed by atoms with Crippen molar-refractivity contribution in [2.75, 3.05) is 13.2 Å². The highest BCUT2D eigenvalue weighted by Crippen LogP contribution is 2.19. The van der Waals surface area contributed by atoms with Crippen LogP contribution in [-0.4, -0.2) is 35.7 Å². The predicted molar refractivity (Wildman–Crippen MR) is 62.7 cm³/mol. The molecular formula is C12H21NO4. The van der Waals surface area contributed by atoms with Gasteiger partial charge in [-0.25, -0.2) is 4.79 Å². The average molecular weight is 243 g/mol. The summed E-state index contributed by atoms with van der Waals surface area (Å²) in [6.45, 7) is 2.57. The SMILES string of the molecule is CCCCCCC(=O)NC1(C(=O)O)CCOC1. The second kappa shape index (κ2) is 6.59. The smallest absolute Gasteiger partial charge is 0.331 e. The summed E-state index contributed by atoms with van der Waals surface area (Å²) >= 11 is 0. The van der Waals surface area contributed by atoms with Crippen LogP contribution in [0.25, 0.3) is 0 Å². The molecular weight excluding hydrogens is 222 g/mol. The van der Waals surface area contributed by atoms with Gasteiger partial charge in [-0.1, -0.05) is 26.2 Å². The van der Waals surface area contributed by atoms with Gasteiger partial charge in [0.15, 0.2) is 5.54 Å². The van der Waals surface area contributed by atoms with E-state index in [2.05, 4.69) is 12.2 Å². The van der Waals surface area contributed by atoms with Crippen LogP contribution in [-0.2, 0) is 14.3 Å². The van der Waals surface area contributed by atoms with E-state index in [-0.39, 0.29) is 12.5 Å². The Bertz CT molecular complexity index is 272. The van der Waals surface area contributed by atoms with E-state index in [1.165, 1.54) is 0 Å². The molecule has 0 aromatic carbocycles. The number of aliphatic carboxylic acids is 1. The molecule has 5 nitrogen and oxygen atoms in total. The normalized spacial score (nSPS) is 23.6. The molecule has 1 heterocycles. The van der Waals surface area contributed by atoms with Crippen LogP contribution in [0.1, 0.15) is 45.4 Å². The lowest BCUT2D eigenvalue weighted by molar-refractivity contribution is -0.147. The van der Waals surface area contributed by atoms with E-state index in [0.29, 0.717) is 19.4 Å². The summed E-state index contributed by atoms with van der Waals surface area (Å²) < 4.78 is 5.07. The third kappa shape index (κ3) is 4.00. The molecule has 1 amide bonds. The highest BCUT2D eigenvalue weighted by Gasteiger charge is 2.43. The Morgan fingerprint density at radius 3 is 2.65 bits per heavy atom. The van der Waals surface area contributed by atoms with Crippen molar-refractivity contribution < 1.29 is 19.4 Å². The van der Waals surface area contributed by atoms with E-state index in [4.69, 9.17) is 9.84 Å². The third-order valence-corrected chi connectivity index (χ3v) is 3.07. The van der Waals surface area contributed by atoms with Gasteiger partial charge in [0.1, 0.15) is 0 Å². The summed E-state index contributed by atoms with van der Waals surface area (Å²) in [4.78, 5) is 22.8. The van der Waals surface area contributed by atoms with Crippen molar-refractivity contribution >= 4 is 11.9 Å². The van der Waals surface area contributed by atoms with Gasteiger partial charge in [-0.05, 0) is 6.42 Å². The maximum Gasteiger partial charge on any atom is 0.331 e. The number of nitrogens with one attached hydrogen (secondary N) is 1. The monoisotopic (exact) mass is 243 g/mol. The van der Waals surface area contributed by atoms with Crippen molar-refractivity contribution in [1.29, 1.82) is 0 Å². The molecule has 2 N–H and O–H groups in total. The molecule has 0 spiro atoms. The van der Waals surface area contributed by atoms with Crippen molar-refractivity contribution in [2.24, 2.45) is 0 Å². The molecule has 1 fully saturated rings. The van der Waals surface area contributed by atoms with Gasteiger partial charge in [-0.3, -0.25) is 4.79 Å². The number of carboxylic acids is 1. The first-order valence-electron chi connectivity index (χ1n) is 6.23. The first kappa shape index (κ1) is 14.0. The molecule has 5 heteroatoms. The lowest BCUT2D eigenvalue weighted by Crippen LogP contribution is -2.55. The predicted octanol–water partition coefficient (Wildman–Crippen LogP) is 1.32. The Labute approximate surface area is 102 Å². The van der Waals surface area contributed by atoms with E-state index >= 15 is 0 Å². The van der Waals surface area contributed by atoms with Crippen LogP contribution in [0, 0.1) is 0 Å². The second-order valence-corrected chi connectivity index (χ2v) is 4.55. The Kier molecular flexibility index (Phi) is 5.41. The number of ether oxygens (including phenoxy) is 1. The van der Waals surface area contributed by atoms with E-state index in [1.54, 1.807) is 0 Å². The maximum absolute atomic E-state index is 11.6. The molecule has 1 saturated heterocycles. The number of unbranched alkanes of at least 4 members (excludes halogenated alkanes) is 3. The highest BCUT2D eigenvalue weighted by molar-refractivity contribution is 5.87. The summed E-state index contributed by atoms with van der Waals surface area (Å²) in [5.41, 5.74) is -1.19. The molecule has 17 heavy (non-hydrogen) atoms. The lowest BCUT2D eigenvalue weighted by Gasteiger charge is -2.23. The van der Waals surface area contributed by atoms with Crippen molar-refractivity contribution in [3.63, 3.8) is 0 Å².